The molecule has 1 heterocycles. The van der Waals surface area contributed by atoms with Crippen molar-refractivity contribution in [2.75, 3.05) is 5.75 Å². The molecule has 0 aliphatic carbocycles. The predicted molar refractivity (Wildman–Crippen MR) is 72.8 cm³/mol. The van der Waals surface area contributed by atoms with Gasteiger partial charge in [0.2, 0.25) is 0 Å². The third-order valence-corrected chi connectivity index (χ3v) is 2.74. The van der Waals surface area contributed by atoms with Crippen molar-refractivity contribution in [2.45, 2.75) is 6.42 Å². The number of hydrogen-bond donors (Lipinski definition) is 3. The van der Waals surface area contributed by atoms with Gasteiger partial charge in [0, 0.05) is 10.9 Å². The van der Waals surface area contributed by atoms with Gasteiger partial charge in [-0.1, -0.05) is 18.2 Å². The van der Waals surface area contributed by atoms with Crippen LogP contribution < -0.4 is 0 Å². The molecule has 0 aliphatic rings. The molecule has 0 unspecified atom stereocenters. The fourth-order valence-corrected chi connectivity index (χ4v) is 1.81. The van der Waals surface area contributed by atoms with Gasteiger partial charge in [0.15, 0.2) is 0 Å². The fourth-order valence-electron chi connectivity index (χ4n) is 1.66. The van der Waals surface area contributed by atoms with E-state index in [0.29, 0.717) is 0 Å². The van der Waals surface area contributed by atoms with E-state index < -0.39 is 5.97 Å². The van der Waals surface area contributed by atoms with E-state index in [1.165, 1.54) is 0 Å². The molecule has 0 aliphatic heterocycles. The number of nitrogens with one attached hydrogen (secondary N) is 1. The Morgan fingerprint density at radius 2 is 2.24 bits per heavy atom. The van der Waals surface area contributed by atoms with Crippen molar-refractivity contribution in [2.24, 2.45) is 0 Å². The quantitative estimate of drug-likeness (QED) is 0.727. The maximum absolute atomic E-state index is 10.8. The molecule has 17 heavy (non-hydrogen) atoms. The van der Waals surface area contributed by atoms with E-state index in [9.17, 15) is 4.79 Å². The van der Waals surface area contributed by atoms with E-state index in [4.69, 9.17) is 5.11 Å². The summed E-state index contributed by atoms with van der Waals surface area (Å²) in [6.07, 6.45) is 5.00. The van der Waals surface area contributed by atoms with E-state index in [2.05, 4.69) is 23.7 Å². The van der Waals surface area contributed by atoms with Gasteiger partial charge in [-0.2, -0.15) is 12.6 Å². The minimum Gasteiger partial charge on any atom is -0.477 e. The van der Waals surface area contributed by atoms with E-state index in [1.54, 1.807) is 6.07 Å². The van der Waals surface area contributed by atoms with Gasteiger partial charge < -0.3 is 10.1 Å². The number of aromatic nitrogens is 1. The smallest absolute Gasteiger partial charge is 0.352 e. The molecule has 1 aromatic heterocycles. The molecular weight excluding hydrogens is 234 g/mol. The molecule has 0 spiro atoms. The van der Waals surface area contributed by atoms with Crippen LogP contribution in [0.4, 0.5) is 0 Å². The molecule has 0 bridgehead atoms. The van der Waals surface area contributed by atoms with Gasteiger partial charge in [-0.15, -0.1) is 0 Å². The average molecular weight is 247 g/mol. The van der Waals surface area contributed by atoms with Crippen molar-refractivity contribution in [1.82, 2.24) is 4.98 Å². The fraction of sp³-hybridized carbons (Fsp3) is 0.154. The third kappa shape index (κ3) is 2.71. The highest BCUT2D eigenvalue weighted by Crippen LogP contribution is 2.18. The summed E-state index contributed by atoms with van der Waals surface area (Å²) in [6, 6.07) is 7.46. The van der Waals surface area contributed by atoms with Crippen LogP contribution in [0, 0.1) is 0 Å². The molecule has 0 atom stereocenters. The SMILES string of the molecule is O=C(O)c1cc2cc(C=CCCS)ccc2[nH]1. The number of carboxylic acids is 1. The number of H-pyrrole nitrogens is 1. The van der Waals surface area contributed by atoms with Crippen LogP contribution in [0.5, 0.6) is 0 Å². The summed E-state index contributed by atoms with van der Waals surface area (Å²) in [5.41, 5.74) is 2.13. The van der Waals surface area contributed by atoms with Crippen molar-refractivity contribution in [1.29, 1.82) is 0 Å². The number of hydrogen-bond acceptors (Lipinski definition) is 2. The lowest BCUT2D eigenvalue weighted by atomic mass is 10.1. The summed E-state index contributed by atoms with van der Waals surface area (Å²) in [4.78, 5) is 13.7. The molecule has 0 fully saturated rings. The first-order valence-electron chi connectivity index (χ1n) is 5.34. The minimum absolute atomic E-state index is 0.219. The zero-order valence-electron chi connectivity index (χ0n) is 9.18. The molecule has 0 saturated heterocycles. The second-order valence-electron chi connectivity index (χ2n) is 3.75. The second-order valence-corrected chi connectivity index (χ2v) is 4.20. The number of allylic oxidation sites excluding steroid dienone is 1. The average Bonchev–Trinajstić information content (AvgIpc) is 2.72. The molecule has 88 valence electrons. The Morgan fingerprint density at radius 3 is 2.94 bits per heavy atom. The molecule has 2 aromatic rings. The van der Waals surface area contributed by atoms with Crippen molar-refractivity contribution >= 4 is 35.6 Å². The first-order chi connectivity index (χ1) is 8.20. The van der Waals surface area contributed by atoms with Crippen molar-refractivity contribution in [3.63, 3.8) is 0 Å². The monoisotopic (exact) mass is 247 g/mol. The Morgan fingerprint density at radius 1 is 1.41 bits per heavy atom. The lowest BCUT2D eigenvalue weighted by molar-refractivity contribution is 0.0691. The van der Waals surface area contributed by atoms with Gasteiger partial charge in [0.25, 0.3) is 0 Å². The summed E-state index contributed by atoms with van der Waals surface area (Å²) in [6.45, 7) is 0. The van der Waals surface area contributed by atoms with E-state index in [0.717, 1.165) is 28.6 Å². The van der Waals surface area contributed by atoms with Crippen molar-refractivity contribution in [3.8, 4) is 0 Å². The number of carbonyl (C=O) groups is 1. The molecular formula is C13H13NO2S. The Labute approximate surface area is 105 Å². The number of aromatic amines is 1. The molecule has 0 radical (unpaired) electrons. The van der Waals surface area contributed by atoms with Gasteiger partial charge in [-0.05, 0) is 35.9 Å². The minimum atomic E-state index is -0.937. The number of fused-ring (bicyclic) bond motifs is 1. The van der Waals surface area contributed by atoms with E-state index >= 15 is 0 Å². The van der Waals surface area contributed by atoms with Crippen LogP contribution in [-0.4, -0.2) is 21.8 Å². The summed E-state index contributed by atoms with van der Waals surface area (Å²) in [5.74, 6) is -0.111. The number of aromatic carboxylic acids is 1. The van der Waals surface area contributed by atoms with Crippen LogP contribution in [0.2, 0.25) is 0 Å². The van der Waals surface area contributed by atoms with Gasteiger partial charge in [-0.3, -0.25) is 0 Å². The molecule has 3 nitrogen and oxygen atoms in total. The topological polar surface area (TPSA) is 53.1 Å². The highest BCUT2D eigenvalue weighted by molar-refractivity contribution is 7.80. The molecule has 0 amide bonds. The van der Waals surface area contributed by atoms with E-state index in [-0.39, 0.29) is 5.69 Å². The van der Waals surface area contributed by atoms with Crippen molar-refractivity contribution in [3.05, 3.63) is 41.6 Å². The van der Waals surface area contributed by atoms with Crippen molar-refractivity contribution < 1.29 is 9.90 Å². The Bertz CT molecular complexity index is 572. The van der Waals surface area contributed by atoms with Crippen LogP contribution >= 0.6 is 12.6 Å². The second kappa shape index (κ2) is 5.10. The van der Waals surface area contributed by atoms with Crippen LogP contribution in [0.15, 0.2) is 30.3 Å². The lowest BCUT2D eigenvalue weighted by Crippen LogP contribution is -1.94. The number of rotatable bonds is 4. The summed E-state index contributed by atoms with van der Waals surface area (Å²) in [7, 11) is 0. The summed E-state index contributed by atoms with van der Waals surface area (Å²) in [5, 5.41) is 9.79. The predicted octanol–water partition coefficient (Wildman–Crippen LogP) is 3.20. The maximum Gasteiger partial charge on any atom is 0.352 e. The van der Waals surface area contributed by atoms with Crippen LogP contribution in [-0.2, 0) is 0 Å². The largest absolute Gasteiger partial charge is 0.477 e. The molecule has 2 rings (SSSR count). The molecule has 0 saturated carbocycles. The number of thiol groups is 1. The molecule has 1 aromatic carbocycles. The zero-order valence-corrected chi connectivity index (χ0v) is 10.1. The van der Waals surface area contributed by atoms with Gasteiger partial charge in [0.1, 0.15) is 5.69 Å². The third-order valence-electron chi connectivity index (χ3n) is 2.48. The molecule has 2 N–H and O–H groups in total. The zero-order chi connectivity index (χ0) is 12.3. The lowest BCUT2D eigenvalue weighted by Gasteiger charge is -1.94. The summed E-state index contributed by atoms with van der Waals surface area (Å²) < 4.78 is 0. The Kier molecular flexibility index (Phi) is 3.54. The first kappa shape index (κ1) is 11.8. The van der Waals surface area contributed by atoms with Crippen LogP contribution in [0.3, 0.4) is 0 Å². The highest BCUT2D eigenvalue weighted by Gasteiger charge is 2.06. The van der Waals surface area contributed by atoms with Gasteiger partial charge in [0.05, 0.1) is 0 Å². The number of carboxylic acid groups (broad SMARTS) is 1. The van der Waals surface area contributed by atoms with Gasteiger partial charge >= 0.3 is 5.97 Å². The number of benzene rings is 1. The Balaban J connectivity index is 2.33. The normalized spacial score (nSPS) is 11.4. The standard InChI is InChI=1S/C13H13NO2S/c15-13(16)12-8-10-7-9(3-1-2-6-17)4-5-11(10)14-12/h1,3-5,7-8,14,17H,2,6H2,(H,15,16). The van der Waals surface area contributed by atoms with Gasteiger partial charge in [-0.25, -0.2) is 4.79 Å². The first-order valence-corrected chi connectivity index (χ1v) is 5.97. The maximum atomic E-state index is 10.8. The Hall–Kier alpha value is -1.68. The van der Waals surface area contributed by atoms with Crippen LogP contribution in [0.25, 0.3) is 17.0 Å². The summed E-state index contributed by atoms with van der Waals surface area (Å²) >= 11 is 4.13. The van der Waals surface area contributed by atoms with E-state index in [1.807, 2.05) is 24.3 Å². The van der Waals surface area contributed by atoms with Crippen LogP contribution in [0.1, 0.15) is 22.5 Å². The highest BCUT2D eigenvalue weighted by atomic mass is 32.1. The molecule has 4 heteroatoms.